The lowest BCUT2D eigenvalue weighted by Gasteiger charge is -2.27. The Morgan fingerprint density at radius 2 is 2.12 bits per heavy atom. The average Bonchev–Trinajstić information content (AvgIpc) is 3.18. The summed E-state index contributed by atoms with van der Waals surface area (Å²) in [6.07, 6.45) is 1.88. The van der Waals surface area contributed by atoms with Crippen LogP contribution in [0.3, 0.4) is 0 Å². The van der Waals surface area contributed by atoms with E-state index in [2.05, 4.69) is 60.3 Å². The molecule has 0 unspecified atom stereocenters. The number of pyridine rings is 1. The highest BCUT2D eigenvalue weighted by atomic mass is 32.2. The molecule has 0 spiro atoms. The number of fused-ring (bicyclic) bond motifs is 1. The summed E-state index contributed by atoms with van der Waals surface area (Å²) in [4.78, 5) is 12.2. The molecule has 0 N–H and O–H groups in total. The van der Waals surface area contributed by atoms with E-state index in [4.69, 9.17) is 4.99 Å². The van der Waals surface area contributed by atoms with Crippen LogP contribution in [0.5, 0.6) is 0 Å². The lowest BCUT2D eigenvalue weighted by molar-refractivity contribution is 0.320. The highest BCUT2D eigenvalue weighted by molar-refractivity contribution is 8.14. The Morgan fingerprint density at radius 1 is 1.29 bits per heavy atom. The molecule has 2 aliphatic rings. The van der Waals surface area contributed by atoms with Crippen molar-refractivity contribution >= 4 is 16.9 Å². The smallest absolute Gasteiger partial charge is 0.160 e. The van der Waals surface area contributed by atoms with Crippen molar-refractivity contribution in [2.24, 2.45) is 4.99 Å². The van der Waals surface area contributed by atoms with Crippen molar-refractivity contribution in [1.82, 2.24) is 14.5 Å². The van der Waals surface area contributed by atoms with Crippen LogP contribution in [0, 0.1) is 13.8 Å². The molecule has 0 aliphatic carbocycles. The molecule has 0 amide bonds. The molecule has 4 heterocycles. The van der Waals surface area contributed by atoms with E-state index in [9.17, 15) is 0 Å². The van der Waals surface area contributed by atoms with Gasteiger partial charge in [-0.25, -0.2) is 0 Å². The largest absolute Gasteiger partial charge is 0.349 e. The standard InChI is InChI=1S/C19H24N4S/c1-5-22-12(2)10-15(14(22)4)18-17(16-8-6-7-9-20-16)21-19-23(18)11-13(3)24-19/h6-10,13,17-18H,5,11H2,1-4H3/t13-,17+,18-/m0/s1. The minimum absolute atomic E-state index is 0.0898. The SMILES string of the molecule is CCn1c(C)cc([C@H]2[C@@H](c3ccccn3)N=C3S[C@@H](C)CN32)c1C. The summed E-state index contributed by atoms with van der Waals surface area (Å²) < 4.78 is 2.40. The molecular weight excluding hydrogens is 316 g/mol. The number of hydrogen-bond acceptors (Lipinski definition) is 4. The predicted octanol–water partition coefficient (Wildman–Crippen LogP) is 4.11. The molecule has 2 aromatic heterocycles. The van der Waals surface area contributed by atoms with Crippen molar-refractivity contribution in [3.05, 3.63) is 53.1 Å². The Bertz CT molecular complexity index is 780. The molecule has 4 nitrogen and oxygen atoms in total. The third kappa shape index (κ3) is 2.37. The molecule has 4 rings (SSSR count). The molecule has 2 aromatic rings. The summed E-state index contributed by atoms with van der Waals surface area (Å²) in [6.45, 7) is 11.0. The van der Waals surface area contributed by atoms with Gasteiger partial charge in [-0.05, 0) is 44.5 Å². The number of hydrogen-bond donors (Lipinski definition) is 0. The number of aromatic nitrogens is 2. The van der Waals surface area contributed by atoms with E-state index in [0.29, 0.717) is 5.25 Å². The van der Waals surface area contributed by atoms with Crippen LogP contribution in [0.4, 0.5) is 0 Å². The summed E-state index contributed by atoms with van der Waals surface area (Å²) in [5.41, 5.74) is 5.16. The zero-order chi connectivity index (χ0) is 16.8. The maximum Gasteiger partial charge on any atom is 0.160 e. The Hall–Kier alpha value is -1.75. The number of aryl methyl sites for hydroxylation is 1. The van der Waals surface area contributed by atoms with Crippen LogP contribution in [0.2, 0.25) is 0 Å². The fourth-order valence-corrected chi connectivity index (χ4v) is 5.16. The minimum atomic E-state index is 0.0898. The van der Waals surface area contributed by atoms with Crippen molar-refractivity contribution in [1.29, 1.82) is 0 Å². The monoisotopic (exact) mass is 340 g/mol. The van der Waals surface area contributed by atoms with E-state index in [1.54, 1.807) is 0 Å². The first-order valence-corrected chi connectivity index (χ1v) is 9.56. The van der Waals surface area contributed by atoms with Crippen LogP contribution in [0.15, 0.2) is 35.5 Å². The fourth-order valence-electron chi connectivity index (χ4n) is 4.07. The lowest BCUT2D eigenvalue weighted by Crippen LogP contribution is -2.28. The van der Waals surface area contributed by atoms with Crippen LogP contribution < -0.4 is 0 Å². The van der Waals surface area contributed by atoms with Crippen molar-refractivity contribution in [3.63, 3.8) is 0 Å². The van der Waals surface area contributed by atoms with Crippen LogP contribution in [0.1, 0.15) is 48.6 Å². The number of nitrogens with zero attached hydrogens (tertiary/aromatic N) is 4. The van der Waals surface area contributed by atoms with Gasteiger partial charge < -0.3 is 9.47 Å². The van der Waals surface area contributed by atoms with Gasteiger partial charge in [-0.15, -0.1) is 0 Å². The van der Waals surface area contributed by atoms with Gasteiger partial charge in [0.25, 0.3) is 0 Å². The van der Waals surface area contributed by atoms with E-state index in [1.165, 1.54) is 22.1 Å². The maximum atomic E-state index is 5.07. The summed E-state index contributed by atoms with van der Waals surface area (Å²) in [5, 5.41) is 1.79. The van der Waals surface area contributed by atoms with E-state index in [-0.39, 0.29) is 12.1 Å². The van der Waals surface area contributed by atoms with Crippen LogP contribution >= 0.6 is 11.8 Å². The van der Waals surface area contributed by atoms with Gasteiger partial charge in [0.05, 0.1) is 11.7 Å². The Balaban J connectivity index is 1.81. The normalized spacial score (nSPS) is 25.9. The first-order valence-electron chi connectivity index (χ1n) is 8.68. The second kappa shape index (κ2) is 5.96. The molecule has 0 radical (unpaired) electrons. The van der Waals surface area contributed by atoms with Gasteiger partial charge in [-0.2, -0.15) is 0 Å². The van der Waals surface area contributed by atoms with E-state index < -0.39 is 0 Å². The molecule has 0 bridgehead atoms. The first-order chi connectivity index (χ1) is 11.6. The molecule has 0 saturated carbocycles. The van der Waals surface area contributed by atoms with Gasteiger partial charge in [0, 0.05) is 35.9 Å². The molecule has 3 atom stereocenters. The Labute approximate surface area is 148 Å². The fraction of sp³-hybridized carbons (Fsp3) is 0.474. The Kier molecular flexibility index (Phi) is 3.91. The second-order valence-corrected chi connectivity index (χ2v) is 8.11. The van der Waals surface area contributed by atoms with E-state index >= 15 is 0 Å². The van der Waals surface area contributed by atoms with Gasteiger partial charge >= 0.3 is 0 Å². The maximum absolute atomic E-state index is 5.07. The van der Waals surface area contributed by atoms with Crippen LogP contribution in [-0.4, -0.2) is 31.4 Å². The van der Waals surface area contributed by atoms with Crippen LogP contribution in [-0.2, 0) is 6.54 Å². The Morgan fingerprint density at radius 3 is 2.79 bits per heavy atom. The third-order valence-corrected chi connectivity index (χ3v) is 6.23. The first kappa shape index (κ1) is 15.8. The summed E-state index contributed by atoms with van der Waals surface area (Å²) >= 11 is 1.90. The summed E-state index contributed by atoms with van der Waals surface area (Å²) in [5.74, 6) is 0. The van der Waals surface area contributed by atoms with Gasteiger partial charge in [-0.3, -0.25) is 9.98 Å². The van der Waals surface area contributed by atoms with Crippen molar-refractivity contribution in [3.8, 4) is 0 Å². The highest BCUT2D eigenvalue weighted by Crippen LogP contribution is 2.48. The molecule has 126 valence electrons. The van der Waals surface area contributed by atoms with Crippen molar-refractivity contribution < 1.29 is 0 Å². The molecular formula is C19H24N4S. The minimum Gasteiger partial charge on any atom is -0.349 e. The highest BCUT2D eigenvalue weighted by Gasteiger charge is 2.44. The lowest BCUT2D eigenvalue weighted by atomic mass is 9.96. The third-order valence-electron chi connectivity index (χ3n) is 5.13. The molecule has 2 aliphatic heterocycles. The zero-order valence-electron chi connectivity index (χ0n) is 14.7. The van der Waals surface area contributed by atoms with Gasteiger partial charge in [0.1, 0.15) is 6.04 Å². The molecule has 1 fully saturated rings. The number of thioether (sulfide) groups is 1. The molecule has 0 aromatic carbocycles. The second-order valence-electron chi connectivity index (χ2n) is 6.71. The number of amidine groups is 1. The summed E-state index contributed by atoms with van der Waals surface area (Å²) in [7, 11) is 0. The van der Waals surface area contributed by atoms with E-state index in [0.717, 1.165) is 18.8 Å². The molecule has 24 heavy (non-hydrogen) atoms. The quantitative estimate of drug-likeness (QED) is 0.843. The topological polar surface area (TPSA) is 33.4 Å². The molecule has 1 saturated heterocycles. The van der Waals surface area contributed by atoms with E-state index in [1.807, 2.05) is 24.0 Å². The zero-order valence-corrected chi connectivity index (χ0v) is 15.5. The van der Waals surface area contributed by atoms with Crippen molar-refractivity contribution in [2.75, 3.05) is 6.54 Å². The molecule has 5 heteroatoms. The van der Waals surface area contributed by atoms with Crippen molar-refractivity contribution in [2.45, 2.75) is 51.6 Å². The van der Waals surface area contributed by atoms with Gasteiger partial charge in [-0.1, -0.05) is 24.8 Å². The van der Waals surface area contributed by atoms with Crippen LogP contribution in [0.25, 0.3) is 0 Å². The number of rotatable bonds is 3. The predicted molar refractivity (Wildman–Crippen MR) is 100 cm³/mol. The van der Waals surface area contributed by atoms with Gasteiger partial charge in [0.2, 0.25) is 0 Å². The summed E-state index contributed by atoms with van der Waals surface area (Å²) in [6, 6.07) is 8.85. The number of aliphatic imine (C=N–C) groups is 1. The average molecular weight is 340 g/mol. The van der Waals surface area contributed by atoms with Gasteiger partial charge in [0.15, 0.2) is 5.17 Å².